The molecule has 1 aromatic carbocycles. The lowest BCUT2D eigenvalue weighted by Crippen LogP contribution is -2.09. The lowest BCUT2D eigenvalue weighted by atomic mass is 10.2. The number of rotatable bonds is 7. The van der Waals surface area contributed by atoms with Crippen molar-refractivity contribution in [1.29, 1.82) is 0 Å². The molecule has 0 aromatic heterocycles. The number of methoxy groups -OCH3 is 1. The van der Waals surface area contributed by atoms with Crippen LogP contribution in [0, 0.1) is 0 Å². The summed E-state index contributed by atoms with van der Waals surface area (Å²) in [5.41, 5.74) is 2.17. The van der Waals surface area contributed by atoms with E-state index >= 15 is 0 Å². The number of benzene rings is 1. The minimum absolute atomic E-state index is 0.535. The molecule has 1 aromatic rings. The molecule has 0 unspecified atom stereocenters. The smallest absolute Gasteiger partial charge is 0.166 e. The largest absolute Gasteiger partial charge is 0.493 e. The van der Waals surface area contributed by atoms with Crippen LogP contribution in [0.3, 0.4) is 0 Å². The second kappa shape index (κ2) is 6.97. The van der Waals surface area contributed by atoms with E-state index in [1.807, 2.05) is 25.2 Å². The molecule has 0 amide bonds. The van der Waals surface area contributed by atoms with E-state index in [2.05, 4.69) is 18.8 Å². The zero-order valence-corrected chi connectivity index (χ0v) is 10.9. The standard InChI is InChI=1S/C14H21NO2/c1-5-11(2)10-17-14-12(9-15-3)7-6-8-13(14)16-4/h6-8,15H,2,5,9-10H2,1,3-4H3. The van der Waals surface area contributed by atoms with Crippen LogP contribution < -0.4 is 14.8 Å². The van der Waals surface area contributed by atoms with E-state index in [-0.39, 0.29) is 0 Å². The minimum Gasteiger partial charge on any atom is -0.493 e. The van der Waals surface area contributed by atoms with Crippen molar-refractivity contribution in [2.75, 3.05) is 20.8 Å². The van der Waals surface area contributed by atoms with Crippen LogP contribution >= 0.6 is 0 Å². The number of hydrogen-bond donors (Lipinski definition) is 1. The topological polar surface area (TPSA) is 30.5 Å². The van der Waals surface area contributed by atoms with E-state index < -0.39 is 0 Å². The van der Waals surface area contributed by atoms with Gasteiger partial charge >= 0.3 is 0 Å². The number of nitrogens with one attached hydrogen (secondary N) is 1. The minimum atomic E-state index is 0.535. The normalized spacial score (nSPS) is 10.1. The molecule has 0 radical (unpaired) electrons. The fraction of sp³-hybridized carbons (Fsp3) is 0.429. The highest BCUT2D eigenvalue weighted by Gasteiger charge is 2.10. The predicted molar refractivity (Wildman–Crippen MR) is 70.7 cm³/mol. The molecule has 3 heteroatoms. The molecule has 1 rings (SSSR count). The molecule has 0 aliphatic heterocycles. The molecule has 0 heterocycles. The summed E-state index contributed by atoms with van der Waals surface area (Å²) in [5.74, 6) is 1.57. The Morgan fingerprint density at radius 3 is 2.76 bits per heavy atom. The summed E-state index contributed by atoms with van der Waals surface area (Å²) < 4.78 is 11.1. The average Bonchev–Trinajstić information content (AvgIpc) is 2.36. The highest BCUT2D eigenvalue weighted by atomic mass is 16.5. The van der Waals surface area contributed by atoms with Crippen LogP contribution in [0.25, 0.3) is 0 Å². The van der Waals surface area contributed by atoms with Gasteiger partial charge in [-0.05, 0) is 25.1 Å². The van der Waals surface area contributed by atoms with Crippen LogP contribution in [0.4, 0.5) is 0 Å². The van der Waals surface area contributed by atoms with Gasteiger partial charge in [0.25, 0.3) is 0 Å². The van der Waals surface area contributed by atoms with Gasteiger partial charge in [0.1, 0.15) is 6.61 Å². The molecule has 0 atom stereocenters. The van der Waals surface area contributed by atoms with E-state index in [0.29, 0.717) is 6.61 Å². The molecular weight excluding hydrogens is 214 g/mol. The van der Waals surface area contributed by atoms with Crippen molar-refractivity contribution in [2.45, 2.75) is 19.9 Å². The molecule has 3 nitrogen and oxygen atoms in total. The Balaban J connectivity index is 2.88. The van der Waals surface area contributed by atoms with Crippen LogP contribution in [0.5, 0.6) is 11.5 Å². The fourth-order valence-corrected chi connectivity index (χ4v) is 1.49. The maximum absolute atomic E-state index is 5.80. The maximum Gasteiger partial charge on any atom is 0.166 e. The van der Waals surface area contributed by atoms with Gasteiger partial charge in [-0.2, -0.15) is 0 Å². The second-order valence-electron chi connectivity index (χ2n) is 3.87. The summed E-state index contributed by atoms with van der Waals surface area (Å²) in [7, 11) is 3.56. The van der Waals surface area contributed by atoms with Gasteiger partial charge in [0, 0.05) is 12.1 Å². The van der Waals surface area contributed by atoms with Gasteiger partial charge in [0.05, 0.1) is 7.11 Å². The molecule has 0 bridgehead atoms. The summed E-state index contributed by atoms with van der Waals surface area (Å²) >= 11 is 0. The number of ether oxygens (including phenoxy) is 2. The van der Waals surface area contributed by atoms with Crippen LogP contribution in [0.1, 0.15) is 18.9 Å². The third-order valence-corrected chi connectivity index (χ3v) is 2.57. The summed E-state index contributed by atoms with van der Waals surface area (Å²) in [6.07, 6.45) is 0.927. The van der Waals surface area contributed by atoms with Gasteiger partial charge in [-0.3, -0.25) is 0 Å². The molecule has 0 saturated heterocycles. The van der Waals surface area contributed by atoms with Crippen molar-refractivity contribution >= 4 is 0 Å². The highest BCUT2D eigenvalue weighted by Crippen LogP contribution is 2.31. The predicted octanol–water partition coefficient (Wildman–Crippen LogP) is 2.76. The molecule has 0 saturated carbocycles. The second-order valence-corrected chi connectivity index (χ2v) is 3.87. The third kappa shape index (κ3) is 3.79. The molecule has 1 N–H and O–H groups in total. The Bertz CT molecular complexity index is 374. The van der Waals surface area contributed by atoms with E-state index in [1.54, 1.807) is 7.11 Å². The third-order valence-electron chi connectivity index (χ3n) is 2.57. The molecule has 0 aliphatic rings. The van der Waals surface area contributed by atoms with Crippen LogP contribution in [-0.4, -0.2) is 20.8 Å². The molecule has 0 aliphatic carbocycles. The Morgan fingerprint density at radius 1 is 1.41 bits per heavy atom. The lowest BCUT2D eigenvalue weighted by Gasteiger charge is -2.15. The van der Waals surface area contributed by atoms with Crippen molar-refractivity contribution in [3.05, 3.63) is 35.9 Å². The van der Waals surface area contributed by atoms with E-state index in [4.69, 9.17) is 9.47 Å². The number of hydrogen-bond acceptors (Lipinski definition) is 3. The van der Waals surface area contributed by atoms with Crippen molar-refractivity contribution in [2.24, 2.45) is 0 Å². The van der Waals surface area contributed by atoms with E-state index in [0.717, 1.165) is 35.6 Å². The Labute approximate surface area is 103 Å². The van der Waals surface area contributed by atoms with Gasteiger partial charge in [-0.25, -0.2) is 0 Å². The Hall–Kier alpha value is -1.48. The Kier molecular flexibility index (Phi) is 5.57. The van der Waals surface area contributed by atoms with Crippen LogP contribution in [0.15, 0.2) is 30.4 Å². The summed E-state index contributed by atoms with van der Waals surface area (Å²) in [4.78, 5) is 0. The van der Waals surface area contributed by atoms with Gasteiger partial charge in [-0.15, -0.1) is 0 Å². The SMILES string of the molecule is C=C(CC)COc1c(CNC)cccc1OC. The fourth-order valence-electron chi connectivity index (χ4n) is 1.49. The van der Waals surface area contributed by atoms with Crippen molar-refractivity contribution in [3.8, 4) is 11.5 Å². The first-order chi connectivity index (χ1) is 8.22. The van der Waals surface area contributed by atoms with Gasteiger partial charge < -0.3 is 14.8 Å². The zero-order valence-electron chi connectivity index (χ0n) is 10.9. The summed E-state index contributed by atoms with van der Waals surface area (Å²) in [6.45, 7) is 7.30. The maximum atomic E-state index is 5.80. The van der Waals surface area contributed by atoms with Crippen molar-refractivity contribution in [3.63, 3.8) is 0 Å². The molecule has 17 heavy (non-hydrogen) atoms. The first kappa shape index (κ1) is 13.6. The molecule has 0 fully saturated rings. The van der Waals surface area contributed by atoms with Gasteiger partial charge in [0.2, 0.25) is 0 Å². The zero-order chi connectivity index (χ0) is 12.7. The molecule has 94 valence electrons. The first-order valence-corrected chi connectivity index (χ1v) is 5.82. The molecule has 0 spiro atoms. The summed E-state index contributed by atoms with van der Waals surface area (Å²) in [5, 5.41) is 3.12. The van der Waals surface area contributed by atoms with E-state index in [9.17, 15) is 0 Å². The summed E-state index contributed by atoms with van der Waals surface area (Å²) in [6, 6.07) is 5.90. The number of para-hydroxylation sites is 1. The Morgan fingerprint density at radius 2 is 2.18 bits per heavy atom. The van der Waals surface area contributed by atoms with Crippen molar-refractivity contribution in [1.82, 2.24) is 5.32 Å². The lowest BCUT2D eigenvalue weighted by molar-refractivity contribution is 0.313. The van der Waals surface area contributed by atoms with E-state index in [1.165, 1.54) is 0 Å². The van der Waals surface area contributed by atoms with Crippen LogP contribution in [-0.2, 0) is 6.54 Å². The van der Waals surface area contributed by atoms with Gasteiger partial charge in [-0.1, -0.05) is 25.6 Å². The van der Waals surface area contributed by atoms with Crippen LogP contribution in [0.2, 0.25) is 0 Å². The van der Waals surface area contributed by atoms with Crippen molar-refractivity contribution < 1.29 is 9.47 Å². The monoisotopic (exact) mass is 235 g/mol. The average molecular weight is 235 g/mol. The van der Waals surface area contributed by atoms with Gasteiger partial charge in [0.15, 0.2) is 11.5 Å². The first-order valence-electron chi connectivity index (χ1n) is 5.82. The quantitative estimate of drug-likeness (QED) is 0.737. The molecular formula is C14H21NO2. The highest BCUT2D eigenvalue weighted by molar-refractivity contribution is 5.46.